The zero-order chi connectivity index (χ0) is 16.9. The van der Waals surface area contributed by atoms with E-state index in [9.17, 15) is 4.79 Å². The van der Waals surface area contributed by atoms with Crippen LogP contribution in [0.4, 0.5) is 5.69 Å². The van der Waals surface area contributed by atoms with Crippen LogP contribution in [0.25, 0.3) is 11.3 Å². The highest BCUT2D eigenvalue weighted by atomic mass is 32.1. The number of aryl methyl sites for hydroxylation is 1. The Hall–Kier alpha value is -2.66. The van der Waals surface area contributed by atoms with Crippen LogP contribution in [0, 0.1) is 6.92 Å². The Balaban J connectivity index is 1.73. The van der Waals surface area contributed by atoms with Crippen molar-refractivity contribution >= 4 is 22.9 Å². The predicted molar refractivity (Wildman–Crippen MR) is 97.6 cm³/mol. The van der Waals surface area contributed by atoms with Crippen LogP contribution in [0.15, 0.2) is 53.9 Å². The first-order chi connectivity index (χ1) is 11.7. The minimum Gasteiger partial charge on any atom is -0.496 e. The Morgan fingerprint density at radius 3 is 2.79 bits per heavy atom. The number of anilines is 1. The van der Waals surface area contributed by atoms with E-state index in [0.29, 0.717) is 0 Å². The molecular formula is C19H18N2O2S. The maximum atomic E-state index is 12.3. The van der Waals surface area contributed by atoms with Gasteiger partial charge in [0.2, 0.25) is 5.91 Å². The molecule has 3 aromatic rings. The molecule has 0 aliphatic rings. The molecule has 1 N–H and O–H groups in total. The minimum absolute atomic E-state index is 0.0777. The highest BCUT2D eigenvalue weighted by Gasteiger charge is 2.09. The molecule has 0 spiro atoms. The Labute approximate surface area is 145 Å². The van der Waals surface area contributed by atoms with Gasteiger partial charge in [0.1, 0.15) is 5.75 Å². The summed E-state index contributed by atoms with van der Waals surface area (Å²) in [6.45, 7) is 1.98. The average Bonchev–Trinajstić information content (AvgIpc) is 3.02. The van der Waals surface area contributed by atoms with Gasteiger partial charge in [-0.05, 0) is 25.1 Å². The van der Waals surface area contributed by atoms with Crippen molar-refractivity contribution < 1.29 is 9.53 Å². The summed E-state index contributed by atoms with van der Waals surface area (Å²) in [5.41, 5.74) is 3.55. The van der Waals surface area contributed by atoms with Crippen LogP contribution in [0.3, 0.4) is 0 Å². The van der Waals surface area contributed by atoms with E-state index in [2.05, 4.69) is 10.3 Å². The van der Waals surface area contributed by atoms with Crippen molar-refractivity contribution in [3.63, 3.8) is 0 Å². The number of carbonyl (C=O) groups excluding carboxylic acids is 1. The number of nitrogens with zero attached hydrogens (tertiary/aromatic N) is 1. The van der Waals surface area contributed by atoms with Gasteiger partial charge >= 0.3 is 0 Å². The van der Waals surface area contributed by atoms with E-state index in [1.807, 2.05) is 60.8 Å². The Bertz CT molecular complexity index is 858. The fraction of sp³-hybridized carbons (Fsp3) is 0.158. The molecule has 0 saturated carbocycles. The van der Waals surface area contributed by atoms with Gasteiger partial charge in [-0.25, -0.2) is 4.98 Å². The van der Waals surface area contributed by atoms with E-state index in [4.69, 9.17) is 4.74 Å². The van der Waals surface area contributed by atoms with E-state index >= 15 is 0 Å². The fourth-order valence-electron chi connectivity index (χ4n) is 2.48. The van der Waals surface area contributed by atoms with Crippen molar-refractivity contribution in [1.29, 1.82) is 0 Å². The smallest absolute Gasteiger partial charge is 0.228 e. The normalized spacial score (nSPS) is 10.4. The molecule has 1 heterocycles. The lowest BCUT2D eigenvalue weighted by atomic mass is 10.1. The highest BCUT2D eigenvalue weighted by molar-refractivity contribution is 7.09. The molecule has 0 atom stereocenters. The largest absolute Gasteiger partial charge is 0.496 e. The number of ether oxygens (including phenoxy) is 1. The first-order valence-electron chi connectivity index (χ1n) is 7.60. The highest BCUT2D eigenvalue weighted by Crippen LogP contribution is 2.24. The molecule has 0 saturated heterocycles. The molecule has 0 unspecified atom stereocenters. The summed E-state index contributed by atoms with van der Waals surface area (Å²) in [4.78, 5) is 16.8. The molecule has 0 fully saturated rings. The van der Waals surface area contributed by atoms with Gasteiger partial charge in [-0.1, -0.05) is 30.3 Å². The zero-order valence-corrected chi connectivity index (χ0v) is 14.4. The molecule has 122 valence electrons. The summed E-state index contributed by atoms with van der Waals surface area (Å²) < 4.78 is 5.29. The van der Waals surface area contributed by atoms with Crippen LogP contribution in [0.1, 0.15) is 10.6 Å². The monoisotopic (exact) mass is 338 g/mol. The molecule has 1 amide bonds. The van der Waals surface area contributed by atoms with Gasteiger partial charge in [-0.2, -0.15) is 0 Å². The lowest BCUT2D eigenvalue weighted by Crippen LogP contribution is -2.14. The second kappa shape index (κ2) is 7.27. The molecule has 2 aromatic carbocycles. The van der Waals surface area contributed by atoms with Crippen molar-refractivity contribution in [3.05, 3.63) is 64.5 Å². The van der Waals surface area contributed by atoms with Gasteiger partial charge in [-0.15, -0.1) is 11.3 Å². The molecule has 0 bridgehead atoms. The van der Waals surface area contributed by atoms with Crippen molar-refractivity contribution in [2.75, 3.05) is 12.4 Å². The maximum absolute atomic E-state index is 12.3. The molecule has 5 heteroatoms. The van der Waals surface area contributed by atoms with Crippen molar-refractivity contribution in [2.24, 2.45) is 0 Å². The molecule has 0 aliphatic carbocycles. The van der Waals surface area contributed by atoms with E-state index in [1.54, 1.807) is 18.4 Å². The van der Waals surface area contributed by atoms with Crippen molar-refractivity contribution in [1.82, 2.24) is 4.98 Å². The molecule has 3 rings (SSSR count). The maximum Gasteiger partial charge on any atom is 0.228 e. The SMILES string of the molecule is COc1ccccc1CC(=O)Nc1cccc(-c2csc(C)n2)c1. The van der Waals surface area contributed by atoms with Gasteiger partial charge in [0.15, 0.2) is 0 Å². The van der Waals surface area contributed by atoms with Crippen LogP contribution in [0.2, 0.25) is 0 Å². The lowest BCUT2D eigenvalue weighted by Gasteiger charge is -2.09. The van der Waals surface area contributed by atoms with Crippen LogP contribution >= 0.6 is 11.3 Å². The number of rotatable bonds is 5. The average molecular weight is 338 g/mol. The predicted octanol–water partition coefficient (Wildman–Crippen LogP) is 4.31. The molecule has 1 aromatic heterocycles. The number of para-hydroxylation sites is 1. The Morgan fingerprint density at radius 2 is 2.04 bits per heavy atom. The summed E-state index contributed by atoms with van der Waals surface area (Å²) in [5.74, 6) is 0.644. The number of amides is 1. The summed E-state index contributed by atoms with van der Waals surface area (Å²) in [7, 11) is 1.61. The van der Waals surface area contributed by atoms with Gasteiger partial charge in [0.25, 0.3) is 0 Å². The van der Waals surface area contributed by atoms with Crippen molar-refractivity contribution in [3.8, 4) is 17.0 Å². The number of hydrogen-bond donors (Lipinski definition) is 1. The molecule has 0 aliphatic heterocycles. The Morgan fingerprint density at radius 1 is 1.21 bits per heavy atom. The number of thiazole rings is 1. The lowest BCUT2D eigenvalue weighted by molar-refractivity contribution is -0.115. The van der Waals surface area contributed by atoms with Crippen molar-refractivity contribution in [2.45, 2.75) is 13.3 Å². The quantitative estimate of drug-likeness (QED) is 0.754. The summed E-state index contributed by atoms with van der Waals surface area (Å²) in [6, 6.07) is 15.3. The first-order valence-corrected chi connectivity index (χ1v) is 8.48. The third-order valence-corrected chi connectivity index (χ3v) is 4.38. The van der Waals surface area contributed by atoms with Gasteiger partial charge in [0, 0.05) is 22.2 Å². The number of hydrogen-bond acceptors (Lipinski definition) is 4. The van der Waals surface area contributed by atoms with E-state index < -0.39 is 0 Å². The summed E-state index contributed by atoms with van der Waals surface area (Å²) in [6.07, 6.45) is 0.268. The third-order valence-electron chi connectivity index (χ3n) is 3.60. The summed E-state index contributed by atoms with van der Waals surface area (Å²) in [5, 5.41) is 5.98. The topological polar surface area (TPSA) is 51.2 Å². The van der Waals surface area contributed by atoms with Gasteiger partial charge in [-0.3, -0.25) is 4.79 Å². The molecule has 0 radical (unpaired) electrons. The number of nitrogens with one attached hydrogen (secondary N) is 1. The van der Waals surface area contributed by atoms with E-state index in [-0.39, 0.29) is 12.3 Å². The van der Waals surface area contributed by atoms with Gasteiger partial charge in [0.05, 0.1) is 24.2 Å². The number of aromatic nitrogens is 1. The minimum atomic E-state index is -0.0777. The second-order valence-corrected chi connectivity index (χ2v) is 6.43. The summed E-state index contributed by atoms with van der Waals surface area (Å²) >= 11 is 1.61. The van der Waals surface area contributed by atoms with E-state index in [0.717, 1.165) is 33.3 Å². The standard InChI is InChI=1S/C19H18N2O2S/c1-13-20-17(12-24-13)14-7-5-8-16(10-14)21-19(22)11-15-6-3-4-9-18(15)23-2/h3-10,12H,11H2,1-2H3,(H,21,22). The van der Waals surface area contributed by atoms with Gasteiger partial charge < -0.3 is 10.1 Å². The molecule has 24 heavy (non-hydrogen) atoms. The molecular weight excluding hydrogens is 320 g/mol. The van der Waals surface area contributed by atoms with Crippen LogP contribution < -0.4 is 10.1 Å². The number of carbonyl (C=O) groups is 1. The number of methoxy groups -OCH3 is 1. The van der Waals surface area contributed by atoms with Crippen LogP contribution in [-0.2, 0) is 11.2 Å². The van der Waals surface area contributed by atoms with E-state index in [1.165, 1.54) is 0 Å². The second-order valence-electron chi connectivity index (χ2n) is 5.37. The van der Waals surface area contributed by atoms with Crippen LogP contribution in [0.5, 0.6) is 5.75 Å². The fourth-order valence-corrected chi connectivity index (χ4v) is 3.10. The Kier molecular flexibility index (Phi) is 4.91. The first kappa shape index (κ1) is 16.2. The zero-order valence-electron chi connectivity index (χ0n) is 13.6. The number of benzene rings is 2. The molecule has 4 nitrogen and oxygen atoms in total. The third kappa shape index (κ3) is 3.81. The van der Waals surface area contributed by atoms with Crippen LogP contribution in [-0.4, -0.2) is 18.0 Å².